The Kier molecular flexibility index (Phi) is 9.17. The van der Waals surface area contributed by atoms with Gasteiger partial charge in [0.1, 0.15) is 6.10 Å². The molecule has 168 valence electrons. The first-order chi connectivity index (χ1) is 14.9. The molecular formula is C24H30Cl2N2O3. The number of rotatable bonds is 11. The summed E-state index contributed by atoms with van der Waals surface area (Å²) in [7, 11) is 0. The molecule has 0 fully saturated rings. The number of hydrogen-bond donors (Lipinski definition) is 1. The summed E-state index contributed by atoms with van der Waals surface area (Å²) in [5, 5.41) is 16.2. The van der Waals surface area contributed by atoms with Crippen LogP contribution < -0.4 is 0 Å². The largest absolute Gasteiger partial charge is 0.390 e. The van der Waals surface area contributed by atoms with E-state index in [9.17, 15) is 5.11 Å². The predicted molar refractivity (Wildman–Crippen MR) is 126 cm³/mol. The van der Waals surface area contributed by atoms with Crippen LogP contribution in [0.25, 0.3) is 0 Å². The van der Waals surface area contributed by atoms with E-state index in [1.807, 2.05) is 48.5 Å². The maximum absolute atomic E-state index is 10.5. The number of ether oxygens (including phenoxy) is 1. The summed E-state index contributed by atoms with van der Waals surface area (Å²) in [6.45, 7) is 6.75. The number of aliphatic hydroxyl groups is 1. The highest BCUT2D eigenvalue weighted by molar-refractivity contribution is 6.34. The van der Waals surface area contributed by atoms with Gasteiger partial charge in [-0.3, -0.25) is 4.90 Å². The minimum atomic E-state index is -0.605. The van der Waals surface area contributed by atoms with E-state index < -0.39 is 6.10 Å². The minimum absolute atomic E-state index is 0.127. The normalized spacial score (nSPS) is 17.1. The van der Waals surface area contributed by atoms with Gasteiger partial charge in [-0.05, 0) is 23.6 Å². The Morgan fingerprint density at radius 2 is 1.81 bits per heavy atom. The summed E-state index contributed by atoms with van der Waals surface area (Å²) in [5.41, 5.74) is 2.74. The topological polar surface area (TPSA) is 54.3 Å². The van der Waals surface area contributed by atoms with Gasteiger partial charge in [0.25, 0.3) is 0 Å². The van der Waals surface area contributed by atoms with E-state index in [2.05, 4.69) is 23.9 Å². The SMILES string of the molecule is CC(C)COC[C@H](O)CN(Cc1ccccc1Cl)C[C@H]1CC(c2ccccc2Cl)=NO1. The van der Waals surface area contributed by atoms with Crippen LogP contribution in [-0.2, 0) is 16.1 Å². The first-order valence-electron chi connectivity index (χ1n) is 10.6. The first-order valence-corrected chi connectivity index (χ1v) is 11.4. The van der Waals surface area contributed by atoms with Gasteiger partial charge >= 0.3 is 0 Å². The number of aliphatic hydroxyl groups excluding tert-OH is 1. The van der Waals surface area contributed by atoms with Crippen LogP contribution in [0.5, 0.6) is 0 Å². The van der Waals surface area contributed by atoms with Crippen molar-refractivity contribution in [1.82, 2.24) is 4.90 Å². The van der Waals surface area contributed by atoms with Gasteiger partial charge in [0.2, 0.25) is 0 Å². The lowest BCUT2D eigenvalue weighted by molar-refractivity contribution is -0.00733. The van der Waals surface area contributed by atoms with Crippen molar-refractivity contribution in [2.45, 2.75) is 39.0 Å². The van der Waals surface area contributed by atoms with Crippen LogP contribution in [0.4, 0.5) is 0 Å². The average Bonchev–Trinajstić information content (AvgIpc) is 3.18. The van der Waals surface area contributed by atoms with Crippen LogP contribution in [0.2, 0.25) is 10.0 Å². The van der Waals surface area contributed by atoms with Crippen molar-refractivity contribution >= 4 is 28.9 Å². The van der Waals surface area contributed by atoms with Crippen LogP contribution in [0.1, 0.15) is 31.4 Å². The summed E-state index contributed by atoms with van der Waals surface area (Å²) in [6.07, 6.45) is -0.0768. The lowest BCUT2D eigenvalue weighted by Crippen LogP contribution is -2.39. The molecule has 0 aliphatic carbocycles. The number of hydrogen-bond acceptors (Lipinski definition) is 5. The van der Waals surface area contributed by atoms with Crippen molar-refractivity contribution in [2.75, 3.05) is 26.3 Å². The molecule has 7 heteroatoms. The third-order valence-corrected chi connectivity index (χ3v) is 5.66. The number of nitrogens with zero attached hydrogens (tertiary/aromatic N) is 2. The van der Waals surface area contributed by atoms with E-state index in [1.54, 1.807) is 0 Å². The second-order valence-corrected chi connectivity index (χ2v) is 9.13. The van der Waals surface area contributed by atoms with Gasteiger partial charge in [-0.1, -0.05) is 78.6 Å². The quantitative estimate of drug-likeness (QED) is 0.506. The molecule has 5 nitrogen and oxygen atoms in total. The summed E-state index contributed by atoms with van der Waals surface area (Å²) < 4.78 is 5.62. The smallest absolute Gasteiger partial charge is 0.145 e. The van der Waals surface area contributed by atoms with Crippen LogP contribution in [0, 0.1) is 5.92 Å². The molecule has 31 heavy (non-hydrogen) atoms. The molecule has 0 aromatic heterocycles. The average molecular weight is 465 g/mol. The Bertz CT molecular complexity index is 875. The fourth-order valence-corrected chi connectivity index (χ4v) is 3.97. The highest BCUT2D eigenvalue weighted by Crippen LogP contribution is 2.24. The van der Waals surface area contributed by atoms with Crippen molar-refractivity contribution in [3.8, 4) is 0 Å². The zero-order valence-electron chi connectivity index (χ0n) is 18.0. The lowest BCUT2D eigenvalue weighted by atomic mass is 10.0. The molecule has 0 saturated carbocycles. The molecule has 0 bridgehead atoms. The van der Waals surface area contributed by atoms with Gasteiger partial charge < -0.3 is 14.7 Å². The molecule has 0 unspecified atom stereocenters. The molecular weight excluding hydrogens is 435 g/mol. The molecule has 1 aliphatic rings. The van der Waals surface area contributed by atoms with E-state index in [-0.39, 0.29) is 6.10 Å². The molecule has 0 spiro atoms. The van der Waals surface area contributed by atoms with Crippen molar-refractivity contribution in [1.29, 1.82) is 0 Å². The molecule has 0 radical (unpaired) electrons. The van der Waals surface area contributed by atoms with Crippen molar-refractivity contribution in [3.63, 3.8) is 0 Å². The Labute approximate surface area is 194 Å². The van der Waals surface area contributed by atoms with Crippen LogP contribution >= 0.6 is 23.2 Å². The highest BCUT2D eigenvalue weighted by Gasteiger charge is 2.27. The van der Waals surface area contributed by atoms with Gasteiger partial charge in [-0.25, -0.2) is 0 Å². The molecule has 0 saturated heterocycles. The Morgan fingerprint density at radius 3 is 2.52 bits per heavy atom. The van der Waals surface area contributed by atoms with E-state index in [0.717, 1.165) is 16.8 Å². The third-order valence-electron chi connectivity index (χ3n) is 4.96. The monoisotopic (exact) mass is 464 g/mol. The van der Waals surface area contributed by atoms with E-state index in [1.165, 1.54) is 0 Å². The van der Waals surface area contributed by atoms with Gasteiger partial charge in [0.05, 0.1) is 18.4 Å². The molecule has 1 N–H and O–H groups in total. The Balaban J connectivity index is 1.62. The van der Waals surface area contributed by atoms with E-state index in [4.69, 9.17) is 32.8 Å². The van der Waals surface area contributed by atoms with Crippen molar-refractivity contribution in [2.24, 2.45) is 11.1 Å². The van der Waals surface area contributed by atoms with E-state index >= 15 is 0 Å². The van der Waals surface area contributed by atoms with Crippen LogP contribution in [0.3, 0.4) is 0 Å². The molecule has 1 heterocycles. The number of halogens is 2. The maximum Gasteiger partial charge on any atom is 0.145 e. The lowest BCUT2D eigenvalue weighted by Gasteiger charge is -2.27. The van der Waals surface area contributed by atoms with E-state index in [0.29, 0.717) is 55.2 Å². The minimum Gasteiger partial charge on any atom is -0.390 e. The summed E-state index contributed by atoms with van der Waals surface area (Å²) >= 11 is 12.7. The zero-order valence-corrected chi connectivity index (χ0v) is 19.5. The molecule has 3 rings (SSSR count). The van der Waals surface area contributed by atoms with Gasteiger partial charge in [-0.15, -0.1) is 0 Å². The molecule has 0 amide bonds. The predicted octanol–water partition coefficient (Wildman–Crippen LogP) is 5.02. The standard InChI is InChI=1S/C24H30Cl2N2O3/c1-17(2)15-30-16-19(29)13-28(12-18-7-3-5-9-22(18)25)14-20-11-24(27-31-20)21-8-4-6-10-23(21)26/h3-10,17,19-20,29H,11-16H2,1-2H3/t19-,20-/m1/s1. The molecule has 2 aromatic rings. The number of benzene rings is 2. The third kappa shape index (κ3) is 7.48. The van der Waals surface area contributed by atoms with Gasteiger partial charge in [0, 0.05) is 48.3 Å². The van der Waals surface area contributed by atoms with Crippen molar-refractivity contribution in [3.05, 3.63) is 69.7 Å². The fraction of sp³-hybridized carbons (Fsp3) is 0.458. The maximum atomic E-state index is 10.5. The molecule has 2 atom stereocenters. The first kappa shape index (κ1) is 24.0. The summed E-state index contributed by atoms with van der Waals surface area (Å²) in [4.78, 5) is 7.85. The zero-order chi connectivity index (χ0) is 22.2. The van der Waals surface area contributed by atoms with Crippen LogP contribution in [0.15, 0.2) is 53.7 Å². The fourth-order valence-electron chi connectivity index (χ4n) is 3.53. The molecule has 2 aromatic carbocycles. The molecule has 1 aliphatic heterocycles. The highest BCUT2D eigenvalue weighted by atomic mass is 35.5. The second kappa shape index (κ2) is 11.8. The van der Waals surface area contributed by atoms with Crippen molar-refractivity contribution < 1.29 is 14.7 Å². The Morgan fingerprint density at radius 1 is 1.10 bits per heavy atom. The van der Waals surface area contributed by atoms with Crippen LogP contribution in [-0.4, -0.2) is 54.2 Å². The second-order valence-electron chi connectivity index (χ2n) is 8.32. The Hall–Kier alpha value is -1.63. The van der Waals surface area contributed by atoms with Gasteiger partial charge in [0.15, 0.2) is 0 Å². The van der Waals surface area contributed by atoms with Gasteiger partial charge in [-0.2, -0.15) is 0 Å². The summed E-state index contributed by atoms with van der Waals surface area (Å²) in [5.74, 6) is 0.429. The summed E-state index contributed by atoms with van der Waals surface area (Å²) in [6, 6.07) is 15.4. The number of oxime groups is 1.